The number of imidazole rings is 1. The van der Waals surface area contributed by atoms with Crippen LogP contribution >= 0.6 is 0 Å². The Hall–Kier alpha value is -1.59. The van der Waals surface area contributed by atoms with Crippen molar-refractivity contribution < 1.29 is 9.31 Å². The molecule has 5 heteroatoms. The van der Waals surface area contributed by atoms with Crippen LogP contribution in [0.15, 0.2) is 30.6 Å². The smallest absolute Gasteiger partial charge is 0.399 e. The number of hydrogen-bond acceptors (Lipinski definition) is 3. The summed E-state index contributed by atoms with van der Waals surface area (Å²) in [5.41, 5.74) is 2.59. The minimum absolute atomic E-state index is 0.329. The minimum Gasteiger partial charge on any atom is -0.399 e. The number of aryl methyl sites for hydroxylation is 1. The summed E-state index contributed by atoms with van der Waals surface area (Å²) in [5.74, 6) is 0.854. The van der Waals surface area contributed by atoms with Crippen LogP contribution in [0.2, 0.25) is 0 Å². The van der Waals surface area contributed by atoms with E-state index in [-0.39, 0.29) is 18.3 Å². The molecule has 0 amide bonds. The zero-order valence-corrected chi connectivity index (χ0v) is 13.2. The molecule has 1 aliphatic rings. The van der Waals surface area contributed by atoms with E-state index in [1.807, 2.05) is 6.20 Å². The van der Waals surface area contributed by atoms with Gasteiger partial charge in [0.2, 0.25) is 0 Å². The molecule has 3 rings (SSSR count). The molecule has 2 aromatic rings. The average molecular weight is 284 g/mol. The van der Waals surface area contributed by atoms with E-state index in [0.717, 1.165) is 22.4 Å². The summed E-state index contributed by atoms with van der Waals surface area (Å²) in [6.07, 6.45) is 3.58. The number of H-pyrrole nitrogens is 1. The molecule has 110 valence electrons. The lowest BCUT2D eigenvalue weighted by Crippen LogP contribution is -2.41. The summed E-state index contributed by atoms with van der Waals surface area (Å²) in [6, 6.07) is 6.23. The van der Waals surface area contributed by atoms with Crippen LogP contribution < -0.4 is 5.46 Å². The van der Waals surface area contributed by atoms with Crippen molar-refractivity contribution in [2.24, 2.45) is 0 Å². The monoisotopic (exact) mass is 284 g/mol. The normalized spacial score (nSPS) is 20.0. The van der Waals surface area contributed by atoms with Gasteiger partial charge in [-0.2, -0.15) is 0 Å². The summed E-state index contributed by atoms with van der Waals surface area (Å²) in [4.78, 5) is 7.43. The number of nitrogens with one attached hydrogen (secondary N) is 1. The zero-order chi connectivity index (χ0) is 15.3. The van der Waals surface area contributed by atoms with Gasteiger partial charge in [0, 0.05) is 18.0 Å². The van der Waals surface area contributed by atoms with E-state index in [1.54, 1.807) is 6.20 Å². The Morgan fingerprint density at radius 3 is 2.33 bits per heavy atom. The van der Waals surface area contributed by atoms with Gasteiger partial charge in [-0.05, 0) is 40.1 Å². The Labute approximate surface area is 126 Å². The van der Waals surface area contributed by atoms with Crippen molar-refractivity contribution in [3.05, 3.63) is 36.2 Å². The second-order valence-corrected chi connectivity index (χ2v) is 6.60. The number of benzene rings is 1. The van der Waals surface area contributed by atoms with Crippen LogP contribution in [-0.4, -0.2) is 28.3 Å². The number of nitrogens with zero attached hydrogens (tertiary/aromatic N) is 1. The zero-order valence-electron chi connectivity index (χ0n) is 13.2. The lowest BCUT2D eigenvalue weighted by Gasteiger charge is -2.32. The van der Waals surface area contributed by atoms with Crippen LogP contribution in [0.4, 0.5) is 0 Å². The fraction of sp³-hybridized carbons (Fsp3) is 0.438. The fourth-order valence-electron chi connectivity index (χ4n) is 2.43. The second-order valence-electron chi connectivity index (χ2n) is 6.60. The Morgan fingerprint density at radius 1 is 1.10 bits per heavy atom. The number of aromatic amines is 1. The molecule has 0 atom stereocenters. The van der Waals surface area contributed by atoms with Crippen LogP contribution in [0.1, 0.15) is 33.3 Å². The maximum Gasteiger partial charge on any atom is 0.495 e. The Balaban J connectivity index is 1.98. The molecule has 1 aromatic carbocycles. The molecule has 1 saturated heterocycles. The molecule has 21 heavy (non-hydrogen) atoms. The lowest BCUT2D eigenvalue weighted by molar-refractivity contribution is 0.00578. The molecule has 1 aliphatic heterocycles. The first-order valence-electron chi connectivity index (χ1n) is 7.26. The molecule has 0 saturated carbocycles. The van der Waals surface area contributed by atoms with Gasteiger partial charge in [-0.3, -0.25) is 0 Å². The maximum atomic E-state index is 6.15. The fourth-order valence-corrected chi connectivity index (χ4v) is 2.43. The van der Waals surface area contributed by atoms with Crippen molar-refractivity contribution in [3.8, 4) is 11.4 Å². The topological polar surface area (TPSA) is 47.1 Å². The van der Waals surface area contributed by atoms with Crippen molar-refractivity contribution in [1.82, 2.24) is 9.97 Å². The van der Waals surface area contributed by atoms with Gasteiger partial charge in [-0.25, -0.2) is 4.98 Å². The largest absolute Gasteiger partial charge is 0.495 e. The van der Waals surface area contributed by atoms with Gasteiger partial charge in [-0.15, -0.1) is 0 Å². The van der Waals surface area contributed by atoms with Crippen molar-refractivity contribution in [2.45, 2.75) is 45.8 Å². The highest BCUT2D eigenvalue weighted by Gasteiger charge is 2.52. The van der Waals surface area contributed by atoms with Gasteiger partial charge in [0.05, 0.1) is 11.2 Å². The highest BCUT2D eigenvalue weighted by molar-refractivity contribution is 6.62. The molecule has 0 radical (unpaired) electrons. The number of hydrogen-bond donors (Lipinski definition) is 1. The first-order chi connectivity index (χ1) is 9.80. The first kappa shape index (κ1) is 14.4. The molecule has 0 aliphatic carbocycles. The summed E-state index contributed by atoms with van der Waals surface area (Å²) in [5, 5.41) is 0. The third-order valence-electron chi connectivity index (χ3n) is 4.56. The van der Waals surface area contributed by atoms with E-state index in [2.05, 4.69) is 62.8 Å². The third-order valence-corrected chi connectivity index (χ3v) is 4.56. The molecule has 2 heterocycles. The van der Waals surface area contributed by atoms with Crippen LogP contribution in [0.3, 0.4) is 0 Å². The van der Waals surface area contributed by atoms with Gasteiger partial charge in [0.15, 0.2) is 0 Å². The van der Waals surface area contributed by atoms with Gasteiger partial charge in [0.1, 0.15) is 5.82 Å². The highest BCUT2D eigenvalue weighted by Crippen LogP contribution is 2.36. The van der Waals surface area contributed by atoms with Gasteiger partial charge >= 0.3 is 7.12 Å². The molecular formula is C16H21BN2O2. The third kappa shape index (κ3) is 2.41. The van der Waals surface area contributed by atoms with E-state index in [1.165, 1.54) is 0 Å². The van der Waals surface area contributed by atoms with E-state index in [0.29, 0.717) is 0 Å². The first-order valence-corrected chi connectivity index (χ1v) is 7.26. The Morgan fingerprint density at radius 2 is 1.76 bits per heavy atom. The maximum absolute atomic E-state index is 6.15. The summed E-state index contributed by atoms with van der Waals surface area (Å²) in [7, 11) is -0.343. The molecule has 1 fully saturated rings. The molecule has 1 N–H and O–H groups in total. The van der Waals surface area contributed by atoms with Crippen LogP contribution in [0, 0.1) is 6.92 Å². The van der Waals surface area contributed by atoms with E-state index < -0.39 is 0 Å². The molecular weight excluding hydrogens is 263 g/mol. The predicted octanol–water partition coefficient (Wildman–Crippen LogP) is 2.68. The molecule has 0 bridgehead atoms. The summed E-state index contributed by atoms with van der Waals surface area (Å²) < 4.78 is 12.3. The van der Waals surface area contributed by atoms with E-state index in [4.69, 9.17) is 9.31 Å². The number of aromatic nitrogens is 2. The van der Waals surface area contributed by atoms with Crippen molar-refractivity contribution in [2.75, 3.05) is 0 Å². The van der Waals surface area contributed by atoms with Crippen LogP contribution in [-0.2, 0) is 9.31 Å². The molecule has 1 aromatic heterocycles. The van der Waals surface area contributed by atoms with Gasteiger partial charge < -0.3 is 14.3 Å². The molecule has 0 unspecified atom stereocenters. The van der Waals surface area contributed by atoms with Crippen molar-refractivity contribution in [1.29, 1.82) is 0 Å². The quantitative estimate of drug-likeness (QED) is 0.862. The van der Waals surface area contributed by atoms with E-state index >= 15 is 0 Å². The summed E-state index contributed by atoms with van der Waals surface area (Å²) >= 11 is 0. The van der Waals surface area contributed by atoms with Crippen LogP contribution in [0.25, 0.3) is 11.4 Å². The van der Waals surface area contributed by atoms with Gasteiger partial charge in [-0.1, -0.05) is 23.8 Å². The van der Waals surface area contributed by atoms with E-state index in [9.17, 15) is 0 Å². The summed E-state index contributed by atoms with van der Waals surface area (Å²) in [6.45, 7) is 10.3. The highest BCUT2D eigenvalue weighted by atomic mass is 16.7. The predicted molar refractivity (Wildman–Crippen MR) is 84.5 cm³/mol. The van der Waals surface area contributed by atoms with Crippen LogP contribution in [0.5, 0.6) is 0 Å². The average Bonchev–Trinajstić information content (AvgIpc) is 2.97. The SMILES string of the molecule is Cc1ccc(-c2ncc[nH]2)cc1B1OC(C)(C)C(C)(C)O1. The van der Waals surface area contributed by atoms with Crippen molar-refractivity contribution in [3.63, 3.8) is 0 Å². The van der Waals surface area contributed by atoms with Gasteiger partial charge in [0.25, 0.3) is 0 Å². The molecule has 0 spiro atoms. The van der Waals surface area contributed by atoms with Crippen molar-refractivity contribution >= 4 is 12.6 Å². The Kier molecular flexibility index (Phi) is 3.22. The molecule has 4 nitrogen and oxygen atoms in total. The lowest BCUT2D eigenvalue weighted by atomic mass is 9.75. The Bertz CT molecular complexity index is 634. The second kappa shape index (κ2) is 4.72. The minimum atomic E-state index is -0.343. The standard InChI is InChI=1S/C16H21BN2O2/c1-11-6-7-12(14-18-8-9-19-14)10-13(11)17-20-15(2,3)16(4,5)21-17/h6-10H,1-5H3,(H,18,19). The number of rotatable bonds is 2.